The number of nitrogens with zero attached hydrogens (tertiary/aromatic N) is 5. The van der Waals surface area contributed by atoms with E-state index in [1.165, 1.54) is 12.8 Å². The highest BCUT2D eigenvalue weighted by atomic mass is 16.5. The number of nitrogens with one attached hydrogen (secondary N) is 3. The van der Waals surface area contributed by atoms with Crippen LogP contribution in [0.4, 0.5) is 17.6 Å². The van der Waals surface area contributed by atoms with E-state index in [0.717, 1.165) is 55.8 Å². The van der Waals surface area contributed by atoms with Gasteiger partial charge in [0.15, 0.2) is 11.6 Å². The maximum atomic E-state index is 5.99. The SMILES string of the molecule is CC(C)c1cc(CNc2nc(Nc3cc(C4CC4)[nH]n3)cc(OCCN3CCOCC3)n2)on1. The van der Waals surface area contributed by atoms with Gasteiger partial charge < -0.3 is 24.6 Å². The van der Waals surface area contributed by atoms with Gasteiger partial charge in [-0.05, 0) is 18.8 Å². The van der Waals surface area contributed by atoms with Crippen molar-refractivity contribution in [2.45, 2.75) is 45.1 Å². The first-order valence-electron chi connectivity index (χ1n) is 12.0. The fourth-order valence-corrected chi connectivity index (χ4v) is 3.73. The van der Waals surface area contributed by atoms with Gasteiger partial charge in [-0.25, -0.2) is 0 Å². The molecule has 1 aliphatic heterocycles. The number of hydrogen-bond acceptors (Lipinski definition) is 10. The van der Waals surface area contributed by atoms with Crippen molar-refractivity contribution in [1.82, 2.24) is 30.2 Å². The molecule has 0 bridgehead atoms. The van der Waals surface area contributed by atoms with Crippen LogP contribution in [0.3, 0.4) is 0 Å². The van der Waals surface area contributed by atoms with Crippen molar-refractivity contribution in [3.05, 3.63) is 35.3 Å². The normalized spacial score (nSPS) is 16.7. The van der Waals surface area contributed by atoms with Crippen LogP contribution in [-0.4, -0.2) is 69.7 Å². The predicted molar refractivity (Wildman–Crippen MR) is 127 cm³/mol. The average molecular weight is 469 g/mol. The lowest BCUT2D eigenvalue weighted by Crippen LogP contribution is -2.38. The minimum absolute atomic E-state index is 0.308. The molecule has 3 N–H and O–H groups in total. The molecule has 0 atom stereocenters. The Balaban J connectivity index is 1.26. The van der Waals surface area contributed by atoms with Crippen LogP contribution in [0.1, 0.15) is 55.7 Å². The molecule has 182 valence electrons. The van der Waals surface area contributed by atoms with Crippen molar-refractivity contribution in [3.8, 4) is 5.88 Å². The van der Waals surface area contributed by atoms with E-state index < -0.39 is 0 Å². The Morgan fingerprint density at radius 3 is 2.76 bits per heavy atom. The van der Waals surface area contributed by atoms with Crippen LogP contribution in [0.15, 0.2) is 22.7 Å². The third-order valence-electron chi connectivity index (χ3n) is 5.92. The van der Waals surface area contributed by atoms with Crippen molar-refractivity contribution in [2.75, 3.05) is 50.1 Å². The Hall–Kier alpha value is -3.18. The van der Waals surface area contributed by atoms with E-state index in [2.05, 4.69) is 54.7 Å². The molecule has 4 heterocycles. The van der Waals surface area contributed by atoms with E-state index in [9.17, 15) is 0 Å². The highest BCUT2D eigenvalue weighted by Gasteiger charge is 2.25. The third-order valence-corrected chi connectivity index (χ3v) is 5.92. The molecule has 1 saturated heterocycles. The average Bonchev–Trinajstić information content (AvgIpc) is 3.38. The van der Waals surface area contributed by atoms with Crippen LogP contribution in [0.5, 0.6) is 5.88 Å². The quantitative estimate of drug-likeness (QED) is 0.386. The molecule has 1 aliphatic carbocycles. The fourth-order valence-electron chi connectivity index (χ4n) is 3.73. The largest absolute Gasteiger partial charge is 0.476 e. The standard InChI is InChI=1S/C23H32N8O3/c1-15(2)18-11-17(34-30-18)14-24-23-26-20(25-21-12-19(28-29-21)16-3-4-16)13-22(27-23)33-10-7-31-5-8-32-9-6-31/h11-13,15-16H,3-10,14H2,1-2H3,(H3,24,25,26,27,28,29). The fraction of sp³-hybridized carbons (Fsp3) is 0.565. The summed E-state index contributed by atoms with van der Waals surface area (Å²) in [6, 6.07) is 5.78. The summed E-state index contributed by atoms with van der Waals surface area (Å²) in [6.45, 7) is 9.31. The highest BCUT2D eigenvalue weighted by Crippen LogP contribution is 2.39. The second-order valence-electron chi connectivity index (χ2n) is 9.05. The van der Waals surface area contributed by atoms with E-state index in [0.29, 0.717) is 42.6 Å². The van der Waals surface area contributed by atoms with Crippen LogP contribution in [-0.2, 0) is 11.3 Å². The lowest BCUT2D eigenvalue weighted by atomic mass is 10.1. The predicted octanol–water partition coefficient (Wildman–Crippen LogP) is 3.26. The maximum Gasteiger partial charge on any atom is 0.228 e. The first kappa shape index (κ1) is 22.6. The van der Waals surface area contributed by atoms with Gasteiger partial charge in [-0.2, -0.15) is 15.1 Å². The topological polar surface area (TPSA) is 126 Å². The summed E-state index contributed by atoms with van der Waals surface area (Å²) in [4.78, 5) is 11.5. The van der Waals surface area contributed by atoms with Crippen LogP contribution >= 0.6 is 0 Å². The number of aromatic nitrogens is 5. The number of hydrogen-bond donors (Lipinski definition) is 3. The second kappa shape index (κ2) is 10.4. The molecule has 0 unspecified atom stereocenters. The third kappa shape index (κ3) is 6.03. The van der Waals surface area contributed by atoms with Gasteiger partial charge in [-0.1, -0.05) is 19.0 Å². The summed E-state index contributed by atoms with van der Waals surface area (Å²) in [6.07, 6.45) is 2.43. The van der Waals surface area contributed by atoms with Gasteiger partial charge in [0.25, 0.3) is 0 Å². The second-order valence-corrected chi connectivity index (χ2v) is 9.05. The van der Waals surface area contributed by atoms with Crippen LogP contribution < -0.4 is 15.4 Å². The van der Waals surface area contributed by atoms with E-state index >= 15 is 0 Å². The smallest absolute Gasteiger partial charge is 0.228 e. The number of H-pyrrole nitrogens is 1. The number of aromatic amines is 1. The minimum atomic E-state index is 0.308. The van der Waals surface area contributed by atoms with Gasteiger partial charge in [-0.15, -0.1) is 0 Å². The molecule has 11 heteroatoms. The monoisotopic (exact) mass is 468 g/mol. The van der Waals surface area contributed by atoms with Gasteiger partial charge >= 0.3 is 0 Å². The summed E-state index contributed by atoms with van der Waals surface area (Å²) in [5, 5.41) is 18.1. The van der Waals surface area contributed by atoms with E-state index in [1.54, 1.807) is 6.07 Å². The molecule has 0 radical (unpaired) electrons. The van der Waals surface area contributed by atoms with Crippen molar-refractivity contribution in [1.29, 1.82) is 0 Å². The molecule has 3 aromatic heterocycles. The zero-order valence-corrected chi connectivity index (χ0v) is 19.7. The molecule has 34 heavy (non-hydrogen) atoms. The van der Waals surface area contributed by atoms with Gasteiger partial charge in [0.2, 0.25) is 11.8 Å². The summed E-state index contributed by atoms with van der Waals surface area (Å²) in [5.41, 5.74) is 2.08. The minimum Gasteiger partial charge on any atom is -0.476 e. The van der Waals surface area contributed by atoms with E-state index in [4.69, 9.17) is 14.0 Å². The van der Waals surface area contributed by atoms with Gasteiger partial charge in [0.1, 0.15) is 12.4 Å². The Morgan fingerprint density at radius 2 is 2.00 bits per heavy atom. The van der Waals surface area contributed by atoms with Gasteiger partial charge in [0, 0.05) is 49.4 Å². The first-order chi connectivity index (χ1) is 16.6. The molecule has 0 aromatic carbocycles. The molecule has 3 aromatic rings. The van der Waals surface area contributed by atoms with Crippen molar-refractivity contribution in [3.63, 3.8) is 0 Å². The number of morpholine rings is 1. The van der Waals surface area contributed by atoms with Crippen molar-refractivity contribution >= 4 is 17.6 Å². The first-order valence-corrected chi connectivity index (χ1v) is 12.0. The molecule has 0 spiro atoms. The Bertz CT molecular complexity index is 1070. The molecule has 5 rings (SSSR count). The zero-order valence-electron chi connectivity index (χ0n) is 19.7. The summed E-state index contributed by atoms with van der Waals surface area (Å²) < 4.78 is 16.8. The molecular weight excluding hydrogens is 436 g/mol. The lowest BCUT2D eigenvalue weighted by Gasteiger charge is -2.26. The Kier molecular flexibility index (Phi) is 6.91. The van der Waals surface area contributed by atoms with Gasteiger partial charge in [-0.3, -0.25) is 10.00 Å². The summed E-state index contributed by atoms with van der Waals surface area (Å²) in [7, 11) is 0. The van der Waals surface area contributed by atoms with Crippen molar-refractivity contribution < 1.29 is 14.0 Å². The van der Waals surface area contributed by atoms with E-state index in [-0.39, 0.29) is 0 Å². The van der Waals surface area contributed by atoms with E-state index in [1.807, 2.05) is 12.1 Å². The lowest BCUT2D eigenvalue weighted by molar-refractivity contribution is 0.0320. The zero-order chi connectivity index (χ0) is 23.3. The van der Waals surface area contributed by atoms with Crippen LogP contribution in [0.25, 0.3) is 0 Å². The van der Waals surface area contributed by atoms with Gasteiger partial charge in [0.05, 0.1) is 25.5 Å². The highest BCUT2D eigenvalue weighted by molar-refractivity contribution is 5.55. The number of rotatable bonds is 11. The number of ether oxygens (including phenoxy) is 2. The van der Waals surface area contributed by atoms with Crippen molar-refractivity contribution in [2.24, 2.45) is 0 Å². The number of anilines is 3. The summed E-state index contributed by atoms with van der Waals surface area (Å²) in [5.74, 6) is 3.89. The van der Waals surface area contributed by atoms with Crippen LogP contribution in [0.2, 0.25) is 0 Å². The molecule has 2 aliphatic rings. The Morgan fingerprint density at radius 1 is 1.15 bits per heavy atom. The van der Waals surface area contributed by atoms with Crippen LogP contribution in [0, 0.1) is 0 Å². The Labute approximate surface area is 198 Å². The molecular formula is C23H32N8O3. The maximum absolute atomic E-state index is 5.99. The molecule has 11 nitrogen and oxygen atoms in total. The summed E-state index contributed by atoms with van der Waals surface area (Å²) >= 11 is 0. The molecule has 0 amide bonds. The molecule has 2 fully saturated rings. The molecule has 1 saturated carbocycles.